The highest BCUT2D eigenvalue weighted by Crippen LogP contribution is 2.30. The van der Waals surface area contributed by atoms with Crippen molar-refractivity contribution in [3.8, 4) is 0 Å². The highest BCUT2D eigenvalue weighted by atomic mass is 16.7. The zero-order valence-corrected chi connectivity index (χ0v) is 27.9. The maximum atomic E-state index is 12.5. The van der Waals surface area contributed by atoms with Crippen LogP contribution >= 0.6 is 0 Å². The Kier molecular flexibility index (Phi) is 14.0. The second-order valence-electron chi connectivity index (χ2n) is 13.3. The largest absolute Gasteiger partial charge is 0.444 e. The molecule has 2 unspecified atom stereocenters. The monoisotopic (exact) mass is 660 g/mol. The van der Waals surface area contributed by atoms with E-state index in [1.54, 1.807) is 32.7 Å². The van der Waals surface area contributed by atoms with Crippen molar-refractivity contribution in [2.45, 2.75) is 94.8 Å². The average molecular weight is 661 g/mol. The first kappa shape index (κ1) is 37.2. The fourth-order valence-corrected chi connectivity index (χ4v) is 5.65. The van der Waals surface area contributed by atoms with Crippen LogP contribution in [0.2, 0.25) is 0 Å². The lowest BCUT2D eigenvalue weighted by atomic mass is 10.0. The van der Waals surface area contributed by atoms with Gasteiger partial charge >= 0.3 is 6.09 Å². The summed E-state index contributed by atoms with van der Waals surface area (Å²) in [5, 5.41) is 44.7. The van der Waals surface area contributed by atoms with Crippen LogP contribution in [0.4, 0.5) is 4.79 Å². The predicted molar refractivity (Wildman–Crippen MR) is 173 cm³/mol. The molecule has 0 aliphatic carbocycles. The lowest BCUT2D eigenvalue weighted by Gasteiger charge is -2.38. The summed E-state index contributed by atoms with van der Waals surface area (Å²) in [5.41, 5.74) is 1.00. The van der Waals surface area contributed by atoms with Crippen molar-refractivity contribution in [1.82, 2.24) is 9.80 Å². The van der Waals surface area contributed by atoms with E-state index in [4.69, 9.17) is 23.7 Å². The van der Waals surface area contributed by atoms with E-state index in [1.165, 1.54) is 4.90 Å². The number of rotatable bonds is 14. The van der Waals surface area contributed by atoms with Crippen molar-refractivity contribution >= 4 is 6.09 Å². The number of aliphatic hydroxyl groups excluding tert-OH is 4. The van der Waals surface area contributed by atoms with Gasteiger partial charge in [0.15, 0.2) is 12.6 Å². The number of carbonyl (C=O) groups excluding carboxylic acids is 1. The second kappa shape index (κ2) is 17.7. The van der Waals surface area contributed by atoms with Crippen molar-refractivity contribution in [1.29, 1.82) is 0 Å². The summed E-state index contributed by atoms with van der Waals surface area (Å²) < 4.78 is 29.0. The molecule has 0 spiro atoms. The van der Waals surface area contributed by atoms with E-state index in [0.717, 1.165) is 11.1 Å². The molecule has 0 aromatic heterocycles. The Bertz CT molecular complexity index is 1130. The first-order chi connectivity index (χ1) is 22.4. The average Bonchev–Trinajstić information content (AvgIpc) is 3.07. The molecular weight excluding hydrogens is 608 g/mol. The summed E-state index contributed by atoms with van der Waals surface area (Å²) in [6.45, 7) is 6.79. The lowest BCUT2D eigenvalue weighted by molar-refractivity contribution is -0.249. The first-order valence-corrected chi connectivity index (χ1v) is 16.4. The SMILES string of the molecule is CN(CCCN(C[C@H](O)[C@@H](O)[C@H]1CCOC(c2ccccc2)O1)C[C@H](O)[C@@H](O)[C@H]1CCOC(c2ccccc2)O1)C(=O)OC(C)(C)C. The third-order valence-corrected chi connectivity index (χ3v) is 8.20. The van der Waals surface area contributed by atoms with Gasteiger partial charge in [-0.25, -0.2) is 4.79 Å². The number of ether oxygens (including phenoxy) is 5. The summed E-state index contributed by atoms with van der Waals surface area (Å²) in [4.78, 5) is 15.7. The third-order valence-electron chi connectivity index (χ3n) is 8.20. The normalized spacial score (nSPS) is 24.7. The van der Waals surface area contributed by atoms with Crippen molar-refractivity contribution < 1.29 is 48.9 Å². The number of carbonyl (C=O) groups is 1. The molecule has 2 saturated heterocycles. The molecule has 0 radical (unpaired) electrons. The van der Waals surface area contributed by atoms with Crippen LogP contribution in [0.25, 0.3) is 0 Å². The fourth-order valence-electron chi connectivity index (χ4n) is 5.65. The summed E-state index contributed by atoms with van der Waals surface area (Å²) in [5.74, 6) is 0. The van der Waals surface area contributed by atoms with Crippen LogP contribution in [0.3, 0.4) is 0 Å². The summed E-state index contributed by atoms with van der Waals surface area (Å²) in [6.07, 6.45) is -6.78. The lowest BCUT2D eigenvalue weighted by Crippen LogP contribution is -2.52. The van der Waals surface area contributed by atoms with Gasteiger partial charge in [-0.1, -0.05) is 60.7 Å². The van der Waals surface area contributed by atoms with Gasteiger partial charge in [0.25, 0.3) is 0 Å². The van der Waals surface area contributed by atoms with Crippen LogP contribution in [-0.2, 0) is 23.7 Å². The van der Waals surface area contributed by atoms with E-state index >= 15 is 0 Å². The second-order valence-corrected chi connectivity index (χ2v) is 13.3. The highest BCUT2D eigenvalue weighted by molar-refractivity contribution is 5.67. The van der Waals surface area contributed by atoms with Gasteiger partial charge in [-0.3, -0.25) is 4.90 Å². The summed E-state index contributed by atoms with van der Waals surface area (Å²) in [6, 6.07) is 18.8. The summed E-state index contributed by atoms with van der Waals surface area (Å²) >= 11 is 0. The van der Waals surface area contributed by atoms with Gasteiger partial charge in [0.2, 0.25) is 0 Å². The van der Waals surface area contributed by atoms with Crippen molar-refractivity contribution in [2.75, 3.05) is 46.4 Å². The molecular formula is C35H52N2O10. The molecule has 2 aliphatic heterocycles. The molecule has 2 aromatic rings. The van der Waals surface area contributed by atoms with E-state index < -0.39 is 60.9 Å². The minimum absolute atomic E-state index is 0.0148. The van der Waals surface area contributed by atoms with Gasteiger partial charge in [-0.2, -0.15) is 0 Å². The van der Waals surface area contributed by atoms with E-state index in [0.29, 0.717) is 45.6 Å². The van der Waals surface area contributed by atoms with Crippen molar-refractivity contribution in [3.05, 3.63) is 71.8 Å². The molecule has 0 saturated carbocycles. The van der Waals surface area contributed by atoms with E-state index in [9.17, 15) is 25.2 Å². The van der Waals surface area contributed by atoms with Gasteiger partial charge < -0.3 is 49.0 Å². The van der Waals surface area contributed by atoms with Crippen molar-refractivity contribution in [2.24, 2.45) is 0 Å². The maximum Gasteiger partial charge on any atom is 0.410 e. The number of amides is 1. The van der Waals surface area contributed by atoms with Crippen LogP contribution < -0.4 is 0 Å². The number of benzene rings is 2. The van der Waals surface area contributed by atoms with Crippen molar-refractivity contribution in [3.63, 3.8) is 0 Å². The van der Waals surface area contributed by atoms with Crippen LogP contribution in [0.15, 0.2) is 60.7 Å². The number of aliphatic hydroxyl groups is 4. The fraction of sp³-hybridized carbons (Fsp3) is 0.629. The van der Waals surface area contributed by atoms with Crippen LogP contribution in [-0.4, -0.2) is 125 Å². The zero-order valence-electron chi connectivity index (χ0n) is 27.9. The number of hydrogen-bond donors (Lipinski definition) is 4. The summed E-state index contributed by atoms with van der Waals surface area (Å²) in [7, 11) is 1.65. The van der Waals surface area contributed by atoms with E-state index in [-0.39, 0.29) is 13.1 Å². The molecule has 4 N–H and O–H groups in total. The van der Waals surface area contributed by atoms with Gasteiger partial charge in [0, 0.05) is 44.4 Å². The Morgan fingerprint density at radius 1 is 0.787 bits per heavy atom. The van der Waals surface area contributed by atoms with Gasteiger partial charge in [0.05, 0.1) is 37.6 Å². The Labute approximate surface area is 277 Å². The maximum absolute atomic E-state index is 12.5. The quantitative estimate of drug-likeness (QED) is 0.237. The molecule has 12 heteroatoms. The molecule has 2 heterocycles. The molecule has 12 nitrogen and oxygen atoms in total. The molecule has 0 bridgehead atoms. The Hall–Kier alpha value is -2.65. The van der Waals surface area contributed by atoms with E-state index in [2.05, 4.69) is 0 Å². The number of hydrogen-bond acceptors (Lipinski definition) is 11. The van der Waals surface area contributed by atoms with Crippen LogP contribution in [0, 0.1) is 0 Å². The van der Waals surface area contributed by atoms with E-state index in [1.807, 2.05) is 60.7 Å². The van der Waals surface area contributed by atoms with Crippen LogP contribution in [0.1, 0.15) is 63.7 Å². The third kappa shape index (κ3) is 11.5. The molecule has 2 aromatic carbocycles. The standard InChI is InChI=1S/C35H52N2O10/c1-35(2,3)47-34(42)36(4)18-11-19-37(22-26(38)30(40)28-16-20-43-32(45-28)24-12-7-5-8-13-24)23-27(39)31(41)29-17-21-44-33(46-29)25-14-9-6-10-15-25/h5-10,12-15,26-33,38-41H,11,16-23H2,1-4H3/t26-,27-,28+,29+,30+,31+,32?,33?/m0/s1. The van der Waals surface area contributed by atoms with Gasteiger partial charge in [0.1, 0.15) is 17.8 Å². The Morgan fingerprint density at radius 3 is 1.66 bits per heavy atom. The predicted octanol–water partition coefficient (Wildman–Crippen LogP) is 3.00. The minimum atomic E-state index is -1.23. The molecule has 262 valence electrons. The smallest absolute Gasteiger partial charge is 0.410 e. The topological polar surface area (TPSA) is 151 Å². The molecule has 1 amide bonds. The zero-order chi connectivity index (χ0) is 34.0. The minimum Gasteiger partial charge on any atom is -0.444 e. The first-order valence-electron chi connectivity index (χ1n) is 16.4. The molecule has 47 heavy (non-hydrogen) atoms. The van der Waals surface area contributed by atoms with Crippen LogP contribution in [0.5, 0.6) is 0 Å². The Morgan fingerprint density at radius 2 is 1.23 bits per heavy atom. The molecule has 4 rings (SSSR count). The molecule has 2 fully saturated rings. The Balaban J connectivity index is 1.38. The number of nitrogens with zero attached hydrogens (tertiary/aromatic N) is 2. The molecule has 2 aliphatic rings. The van der Waals surface area contributed by atoms with Gasteiger partial charge in [-0.05, 0) is 40.0 Å². The highest BCUT2D eigenvalue weighted by Gasteiger charge is 2.37. The molecule has 8 atom stereocenters. The van der Waals surface area contributed by atoms with Gasteiger partial charge in [-0.15, -0.1) is 0 Å².